The van der Waals surface area contributed by atoms with Crippen molar-refractivity contribution < 1.29 is 29.4 Å². The number of amides is 2. The van der Waals surface area contributed by atoms with Crippen LogP contribution in [0.1, 0.15) is 46.0 Å². The quantitative estimate of drug-likeness (QED) is 0.445. The molecule has 142 valence electrons. The highest BCUT2D eigenvalue weighted by Gasteiger charge is 2.37. The van der Waals surface area contributed by atoms with Crippen molar-refractivity contribution in [2.24, 2.45) is 11.7 Å². The standard InChI is InChI=1S/C16H27N3O6/c1-9(2)8-10(17)15(23)19-7-3-4-12(19)14(22)18-11(16(24)25)5-6-13(20)21/h9-12H,3-8,17H2,1-2H3,(H,18,22)(H,20,21)(H,24,25)/t10-,11-,12-/m0/s1. The molecule has 5 N–H and O–H groups in total. The summed E-state index contributed by atoms with van der Waals surface area (Å²) in [5, 5.41) is 20.1. The number of nitrogens with two attached hydrogens (primary N) is 1. The summed E-state index contributed by atoms with van der Waals surface area (Å²) in [7, 11) is 0. The van der Waals surface area contributed by atoms with Crippen LogP contribution in [-0.4, -0.2) is 63.5 Å². The van der Waals surface area contributed by atoms with Crippen molar-refractivity contribution in [3.63, 3.8) is 0 Å². The van der Waals surface area contributed by atoms with E-state index in [4.69, 9.17) is 15.9 Å². The van der Waals surface area contributed by atoms with Gasteiger partial charge in [0, 0.05) is 13.0 Å². The Morgan fingerprint density at radius 2 is 1.88 bits per heavy atom. The number of nitrogens with zero attached hydrogens (tertiary/aromatic N) is 1. The maximum Gasteiger partial charge on any atom is 0.326 e. The Morgan fingerprint density at radius 3 is 2.40 bits per heavy atom. The molecule has 0 radical (unpaired) electrons. The van der Waals surface area contributed by atoms with E-state index in [0.717, 1.165) is 0 Å². The van der Waals surface area contributed by atoms with Gasteiger partial charge in [-0.25, -0.2) is 4.79 Å². The van der Waals surface area contributed by atoms with Crippen LogP contribution in [0.5, 0.6) is 0 Å². The molecule has 1 rings (SSSR count). The van der Waals surface area contributed by atoms with E-state index in [0.29, 0.717) is 25.8 Å². The summed E-state index contributed by atoms with van der Waals surface area (Å²) in [5.74, 6) is -3.11. The minimum Gasteiger partial charge on any atom is -0.481 e. The monoisotopic (exact) mass is 357 g/mol. The number of carbonyl (C=O) groups excluding carboxylic acids is 2. The van der Waals surface area contributed by atoms with Crippen LogP contribution in [0.25, 0.3) is 0 Å². The molecule has 9 heteroatoms. The molecule has 3 atom stereocenters. The highest BCUT2D eigenvalue weighted by molar-refractivity contribution is 5.92. The first-order chi connectivity index (χ1) is 11.6. The van der Waals surface area contributed by atoms with E-state index in [1.165, 1.54) is 4.90 Å². The average molecular weight is 357 g/mol. The summed E-state index contributed by atoms with van der Waals surface area (Å²) in [5.41, 5.74) is 5.91. The third-order valence-electron chi connectivity index (χ3n) is 4.14. The van der Waals surface area contributed by atoms with Gasteiger partial charge in [-0.05, 0) is 31.6 Å². The Hall–Kier alpha value is -2.16. The molecule has 0 unspecified atom stereocenters. The molecule has 1 heterocycles. The van der Waals surface area contributed by atoms with Crippen molar-refractivity contribution in [2.75, 3.05) is 6.54 Å². The first-order valence-corrected chi connectivity index (χ1v) is 8.44. The van der Waals surface area contributed by atoms with Gasteiger partial charge in [0.25, 0.3) is 0 Å². The SMILES string of the molecule is CC(C)C[C@H](N)C(=O)N1CCC[C@H]1C(=O)N[C@@H](CCC(=O)O)C(=O)O. The number of aliphatic carboxylic acids is 2. The molecule has 0 aromatic rings. The molecule has 0 aromatic carbocycles. The summed E-state index contributed by atoms with van der Waals surface area (Å²) in [4.78, 5) is 48.1. The van der Waals surface area contributed by atoms with Crippen LogP contribution in [0.2, 0.25) is 0 Å². The predicted molar refractivity (Wildman–Crippen MR) is 88.6 cm³/mol. The van der Waals surface area contributed by atoms with Crippen LogP contribution in [-0.2, 0) is 19.2 Å². The molecule has 1 aliphatic heterocycles. The molecule has 2 amide bonds. The van der Waals surface area contributed by atoms with Gasteiger partial charge in [0.15, 0.2) is 0 Å². The highest BCUT2D eigenvalue weighted by Crippen LogP contribution is 2.20. The molecule has 0 aliphatic carbocycles. The number of carboxylic acids is 2. The van der Waals surface area contributed by atoms with Gasteiger partial charge < -0.3 is 26.2 Å². The highest BCUT2D eigenvalue weighted by atomic mass is 16.4. The normalized spacial score (nSPS) is 19.5. The lowest BCUT2D eigenvalue weighted by atomic mass is 10.0. The molecular formula is C16H27N3O6. The number of carboxylic acid groups (broad SMARTS) is 2. The van der Waals surface area contributed by atoms with Crippen LogP contribution in [0, 0.1) is 5.92 Å². The Kier molecular flexibility index (Phi) is 7.82. The fourth-order valence-electron chi connectivity index (χ4n) is 2.92. The molecule has 0 spiro atoms. The zero-order valence-electron chi connectivity index (χ0n) is 14.6. The number of hydrogen-bond donors (Lipinski definition) is 4. The van der Waals surface area contributed by atoms with Gasteiger partial charge in [0.05, 0.1) is 6.04 Å². The summed E-state index contributed by atoms with van der Waals surface area (Å²) in [6.07, 6.45) is 0.968. The zero-order chi connectivity index (χ0) is 19.1. The van der Waals surface area contributed by atoms with Crippen molar-refractivity contribution in [3.8, 4) is 0 Å². The average Bonchev–Trinajstić information content (AvgIpc) is 2.98. The van der Waals surface area contributed by atoms with E-state index < -0.39 is 36.0 Å². The minimum atomic E-state index is -1.30. The maximum atomic E-state index is 12.5. The second-order valence-electron chi connectivity index (χ2n) is 6.76. The summed E-state index contributed by atoms with van der Waals surface area (Å²) < 4.78 is 0. The van der Waals surface area contributed by atoms with Crippen molar-refractivity contribution >= 4 is 23.8 Å². The third kappa shape index (κ3) is 6.33. The second-order valence-corrected chi connectivity index (χ2v) is 6.76. The molecule has 0 bridgehead atoms. The van der Waals surface area contributed by atoms with E-state index in [2.05, 4.69) is 5.32 Å². The topological polar surface area (TPSA) is 150 Å². The fourth-order valence-corrected chi connectivity index (χ4v) is 2.92. The summed E-state index contributed by atoms with van der Waals surface area (Å²) >= 11 is 0. The first kappa shape index (κ1) is 20.9. The van der Waals surface area contributed by atoms with E-state index in [-0.39, 0.29) is 24.7 Å². The lowest BCUT2D eigenvalue weighted by Gasteiger charge is -2.28. The zero-order valence-corrected chi connectivity index (χ0v) is 14.6. The van der Waals surface area contributed by atoms with Crippen molar-refractivity contribution in [1.82, 2.24) is 10.2 Å². The lowest BCUT2D eigenvalue weighted by Crippen LogP contribution is -2.54. The summed E-state index contributed by atoms with van der Waals surface area (Å²) in [6.45, 7) is 4.29. The first-order valence-electron chi connectivity index (χ1n) is 8.44. The van der Waals surface area contributed by atoms with Gasteiger partial charge >= 0.3 is 11.9 Å². The van der Waals surface area contributed by atoms with Crippen LogP contribution >= 0.6 is 0 Å². The van der Waals surface area contributed by atoms with Gasteiger partial charge in [0.1, 0.15) is 12.1 Å². The summed E-state index contributed by atoms with van der Waals surface area (Å²) in [6, 6.07) is -2.77. The fraction of sp³-hybridized carbons (Fsp3) is 0.750. The Labute approximate surface area is 146 Å². The van der Waals surface area contributed by atoms with Crippen molar-refractivity contribution in [2.45, 2.75) is 64.1 Å². The van der Waals surface area contributed by atoms with Crippen LogP contribution < -0.4 is 11.1 Å². The number of likely N-dealkylation sites (tertiary alicyclic amines) is 1. The lowest BCUT2D eigenvalue weighted by molar-refractivity contribution is -0.145. The van der Waals surface area contributed by atoms with Crippen LogP contribution in [0.15, 0.2) is 0 Å². The molecule has 0 saturated carbocycles. The van der Waals surface area contributed by atoms with Gasteiger partial charge in [0.2, 0.25) is 11.8 Å². The predicted octanol–water partition coefficient (Wildman–Crippen LogP) is -0.215. The maximum absolute atomic E-state index is 12.5. The molecule has 9 nitrogen and oxygen atoms in total. The third-order valence-corrected chi connectivity index (χ3v) is 4.14. The Bertz CT molecular complexity index is 522. The Balaban J connectivity index is 2.72. The van der Waals surface area contributed by atoms with Gasteiger partial charge in [-0.1, -0.05) is 13.8 Å². The van der Waals surface area contributed by atoms with E-state index in [9.17, 15) is 19.2 Å². The Morgan fingerprint density at radius 1 is 1.24 bits per heavy atom. The van der Waals surface area contributed by atoms with E-state index in [1.807, 2.05) is 13.8 Å². The van der Waals surface area contributed by atoms with Gasteiger partial charge in [-0.2, -0.15) is 0 Å². The molecule has 1 fully saturated rings. The molecule has 0 aromatic heterocycles. The van der Waals surface area contributed by atoms with Crippen molar-refractivity contribution in [3.05, 3.63) is 0 Å². The number of nitrogens with one attached hydrogen (secondary N) is 1. The molecule has 1 aliphatic rings. The minimum absolute atomic E-state index is 0.218. The molecule has 1 saturated heterocycles. The van der Waals surface area contributed by atoms with Gasteiger partial charge in [-0.15, -0.1) is 0 Å². The molecule has 25 heavy (non-hydrogen) atoms. The number of hydrogen-bond acceptors (Lipinski definition) is 5. The van der Waals surface area contributed by atoms with E-state index in [1.54, 1.807) is 0 Å². The molecular weight excluding hydrogens is 330 g/mol. The van der Waals surface area contributed by atoms with Crippen molar-refractivity contribution in [1.29, 1.82) is 0 Å². The smallest absolute Gasteiger partial charge is 0.326 e. The largest absolute Gasteiger partial charge is 0.481 e. The number of rotatable bonds is 9. The van der Waals surface area contributed by atoms with Crippen LogP contribution in [0.3, 0.4) is 0 Å². The second kappa shape index (κ2) is 9.36. The van der Waals surface area contributed by atoms with Crippen LogP contribution in [0.4, 0.5) is 0 Å². The van der Waals surface area contributed by atoms with Gasteiger partial charge in [-0.3, -0.25) is 14.4 Å². The van der Waals surface area contributed by atoms with E-state index >= 15 is 0 Å². The number of carbonyl (C=O) groups is 4.